The van der Waals surface area contributed by atoms with Crippen LogP contribution in [0.15, 0.2) is 24.3 Å². The molecule has 0 saturated carbocycles. The molecule has 0 spiro atoms. The van der Waals surface area contributed by atoms with Gasteiger partial charge in [0.1, 0.15) is 19.3 Å². The number of rotatable bonds is 64. The fraction of sp³-hybridized carbons (Fsp3) is 0.882. The summed E-state index contributed by atoms with van der Waals surface area (Å²) >= 11 is 0. The lowest BCUT2D eigenvalue weighted by atomic mass is 10.0. The predicted molar refractivity (Wildman–Crippen MR) is 349 cm³/mol. The molecule has 5 atom stereocenters. The van der Waals surface area contributed by atoms with Gasteiger partial charge in [-0.05, 0) is 69.1 Å². The van der Waals surface area contributed by atoms with E-state index < -0.39 is 97.5 Å². The maximum Gasteiger partial charge on any atom is 0.472 e. The van der Waals surface area contributed by atoms with Crippen LogP contribution in [0.3, 0.4) is 0 Å². The topological polar surface area (TPSA) is 237 Å². The van der Waals surface area contributed by atoms with Crippen molar-refractivity contribution < 1.29 is 80.2 Å². The Bertz CT molecular complexity index is 1810. The lowest BCUT2D eigenvalue weighted by Gasteiger charge is -2.21. The Labute approximate surface area is 529 Å². The van der Waals surface area contributed by atoms with Crippen LogP contribution in [-0.4, -0.2) is 96.7 Å². The number of aliphatic hydroxyl groups is 1. The number of hydrogen-bond acceptors (Lipinski definition) is 15. The monoisotopic (exact) mass is 1280 g/mol. The minimum Gasteiger partial charge on any atom is -0.462 e. The molecule has 17 nitrogen and oxygen atoms in total. The average molecular weight is 1280 g/mol. The number of aliphatic hydroxyl groups excluding tert-OH is 1. The number of phosphoric acid groups is 2. The van der Waals surface area contributed by atoms with Gasteiger partial charge >= 0.3 is 39.5 Å². The Morgan fingerprint density at radius 3 is 0.931 bits per heavy atom. The van der Waals surface area contributed by atoms with E-state index >= 15 is 0 Å². The number of unbranched alkanes of at least 4 members (excludes halogenated alkanes) is 29. The van der Waals surface area contributed by atoms with E-state index in [9.17, 15) is 43.2 Å². The van der Waals surface area contributed by atoms with Crippen LogP contribution in [0.2, 0.25) is 0 Å². The fourth-order valence-corrected chi connectivity index (χ4v) is 11.2. The van der Waals surface area contributed by atoms with Crippen molar-refractivity contribution in [3.63, 3.8) is 0 Å². The van der Waals surface area contributed by atoms with Gasteiger partial charge in [-0.25, -0.2) is 9.13 Å². The molecule has 0 bridgehead atoms. The van der Waals surface area contributed by atoms with Gasteiger partial charge in [0.25, 0.3) is 0 Å². The zero-order valence-corrected chi connectivity index (χ0v) is 57.7. The number of allylic oxidation sites excluding steroid dienone is 4. The van der Waals surface area contributed by atoms with E-state index in [1.54, 1.807) is 0 Å². The number of esters is 4. The number of phosphoric ester groups is 2. The smallest absolute Gasteiger partial charge is 0.462 e. The highest BCUT2D eigenvalue weighted by Crippen LogP contribution is 2.45. The molecule has 3 N–H and O–H groups in total. The molecule has 0 aromatic rings. The van der Waals surface area contributed by atoms with Crippen molar-refractivity contribution in [3.05, 3.63) is 24.3 Å². The molecule has 512 valence electrons. The van der Waals surface area contributed by atoms with Gasteiger partial charge in [0.05, 0.1) is 26.4 Å². The van der Waals surface area contributed by atoms with Crippen molar-refractivity contribution in [1.82, 2.24) is 0 Å². The molecular formula is C68H128O17P2. The van der Waals surface area contributed by atoms with Crippen molar-refractivity contribution in [2.45, 2.75) is 330 Å². The van der Waals surface area contributed by atoms with Crippen LogP contribution in [-0.2, 0) is 65.4 Å². The highest BCUT2D eigenvalue weighted by atomic mass is 31.2. The Balaban J connectivity index is 5.27. The van der Waals surface area contributed by atoms with E-state index in [0.717, 1.165) is 121 Å². The van der Waals surface area contributed by atoms with Crippen molar-refractivity contribution in [1.29, 1.82) is 0 Å². The highest BCUT2D eigenvalue weighted by Gasteiger charge is 2.30. The summed E-state index contributed by atoms with van der Waals surface area (Å²) < 4.78 is 68.1. The van der Waals surface area contributed by atoms with Crippen LogP contribution in [0, 0.1) is 17.8 Å². The van der Waals surface area contributed by atoms with E-state index in [-0.39, 0.29) is 25.7 Å². The van der Waals surface area contributed by atoms with Crippen molar-refractivity contribution in [2.24, 2.45) is 17.8 Å². The molecular weight excluding hydrogens is 1150 g/mol. The first kappa shape index (κ1) is 84.5. The van der Waals surface area contributed by atoms with Gasteiger partial charge in [-0.15, -0.1) is 0 Å². The lowest BCUT2D eigenvalue weighted by Crippen LogP contribution is -2.30. The maximum atomic E-state index is 13.0. The van der Waals surface area contributed by atoms with E-state index in [0.29, 0.717) is 37.5 Å². The average Bonchev–Trinajstić information content (AvgIpc) is 3.68. The number of ether oxygens (including phenoxy) is 4. The third-order valence-corrected chi connectivity index (χ3v) is 16.9. The fourth-order valence-electron chi connectivity index (χ4n) is 9.65. The van der Waals surface area contributed by atoms with Gasteiger partial charge in [-0.2, -0.15) is 0 Å². The largest absolute Gasteiger partial charge is 0.472 e. The standard InChI is InChI=1S/C68H128O17P2/c1-8-9-10-11-12-13-14-15-16-17-18-22-27-37-44-51-67(72)85-64(56-79-66(71)50-43-36-31-30-34-41-48-61(6)7)58-83-87(76,77)81-54-62(69)53-80-86(74,75)82-57-63(55-78-65(70)49-42-35-29-24-26-33-40-47-60(4)5)84-68(73)52-45-38-28-23-20-19-21-25-32-39-46-59(2)3/h13-16,59-64,69H,8-12,17-58H2,1-7H3,(H,74,75)(H,76,77)/b14-13-,16-15-/t62-,63-,64-/m1/s1. The molecule has 2 unspecified atom stereocenters. The molecule has 0 saturated heterocycles. The van der Waals surface area contributed by atoms with E-state index in [4.69, 9.17) is 37.0 Å². The SMILES string of the molecule is CCCCCC/C=C\C=C/CCCCCCCC(=O)O[C@H](COC(=O)CCCCCCCCC(C)C)COP(=O)(O)OC[C@H](O)COP(=O)(O)OC[C@@H](COC(=O)CCCCCCCCCC(C)C)OC(=O)CCCCCCCCCCCCC(C)C. The van der Waals surface area contributed by atoms with E-state index in [1.807, 2.05) is 0 Å². The quantitative estimate of drug-likeness (QED) is 0.0169. The molecule has 0 aliphatic heterocycles. The minimum atomic E-state index is -4.96. The van der Waals surface area contributed by atoms with Crippen LogP contribution in [0.4, 0.5) is 0 Å². The van der Waals surface area contributed by atoms with Crippen molar-refractivity contribution in [2.75, 3.05) is 39.6 Å². The molecule has 0 aliphatic rings. The zero-order valence-electron chi connectivity index (χ0n) is 56.0. The Morgan fingerprint density at radius 2 is 0.621 bits per heavy atom. The summed E-state index contributed by atoms with van der Waals surface area (Å²) in [4.78, 5) is 72.3. The minimum absolute atomic E-state index is 0.0833. The zero-order chi connectivity index (χ0) is 64.5. The normalized spacial score (nSPS) is 14.4. The van der Waals surface area contributed by atoms with Gasteiger partial charge in [0.15, 0.2) is 12.2 Å². The molecule has 0 heterocycles. The van der Waals surface area contributed by atoms with Crippen molar-refractivity contribution in [3.8, 4) is 0 Å². The molecule has 0 aromatic carbocycles. The Kier molecular flexibility index (Phi) is 57.0. The second-order valence-electron chi connectivity index (χ2n) is 25.3. The summed E-state index contributed by atoms with van der Waals surface area (Å²) in [5, 5.41) is 10.6. The van der Waals surface area contributed by atoms with Crippen LogP contribution in [0.5, 0.6) is 0 Å². The first-order valence-electron chi connectivity index (χ1n) is 34.7. The van der Waals surface area contributed by atoms with Crippen LogP contribution >= 0.6 is 15.6 Å². The molecule has 0 radical (unpaired) electrons. The molecule has 0 rings (SSSR count). The first-order valence-corrected chi connectivity index (χ1v) is 37.7. The van der Waals surface area contributed by atoms with E-state index in [2.05, 4.69) is 72.8 Å². The predicted octanol–water partition coefficient (Wildman–Crippen LogP) is 18.6. The summed E-state index contributed by atoms with van der Waals surface area (Å²) in [5.41, 5.74) is 0. The third-order valence-electron chi connectivity index (χ3n) is 15.0. The third kappa shape index (κ3) is 62.1. The summed E-state index contributed by atoms with van der Waals surface area (Å²) in [6.45, 7) is 11.6. The summed E-state index contributed by atoms with van der Waals surface area (Å²) in [5.74, 6) is -0.0338. The molecule has 0 aromatic heterocycles. The number of carbonyl (C=O) groups excluding carboxylic acids is 4. The van der Waals surface area contributed by atoms with Gasteiger partial charge in [0, 0.05) is 25.7 Å². The summed E-state index contributed by atoms with van der Waals surface area (Å²) in [7, 11) is -9.91. The highest BCUT2D eigenvalue weighted by molar-refractivity contribution is 7.47. The summed E-state index contributed by atoms with van der Waals surface area (Å²) in [6.07, 6.45) is 44.1. The van der Waals surface area contributed by atoms with Gasteiger partial charge in [0.2, 0.25) is 0 Å². The van der Waals surface area contributed by atoms with E-state index in [1.165, 1.54) is 96.3 Å². The molecule has 0 aliphatic carbocycles. The van der Waals surface area contributed by atoms with Crippen LogP contribution in [0.25, 0.3) is 0 Å². The van der Waals surface area contributed by atoms with Gasteiger partial charge in [-0.3, -0.25) is 37.3 Å². The summed E-state index contributed by atoms with van der Waals surface area (Å²) in [6, 6.07) is 0. The van der Waals surface area contributed by atoms with Gasteiger partial charge in [-0.1, -0.05) is 259 Å². The molecule has 87 heavy (non-hydrogen) atoms. The van der Waals surface area contributed by atoms with Crippen molar-refractivity contribution >= 4 is 39.5 Å². The maximum absolute atomic E-state index is 13.0. The molecule has 0 fully saturated rings. The molecule has 0 amide bonds. The molecule has 19 heteroatoms. The van der Waals surface area contributed by atoms with Crippen LogP contribution < -0.4 is 0 Å². The number of carbonyl (C=O) groups is 4. The second-order valence-corrected chi connectivity index (χ2v) is 28.2. The Hall–Kier alpha value is -2.46. The van der Waals surface area contributed by atoms with Gasteiger partial charge < -0.3 is 33.8 Å². The Morgan fingerprint density at radius 1 is 0.356 bits per heavy atom. The second kappa shape index (κ2) is 58.6. The lowest BCUT2D eigenvalue weighted by molar-refractivity contribution is -0.161. The first-order chi connectivity index (χ1) is 41.7. The number of hydrogen-bond donors (Lipinski definition) is 3. The van der Waals surface area contributed by atoms with Crippen LogP contribution in [0.1, 0.15) is 312 Å².